The maximum absolute atomic E-state index is 11.9. The Kier molecular flexibility index (Phi) is 7.28. The zero-order chi connectivity index (χ0) is 18.7. The Labute approximate surface area is 161 Å². The van der Waals surface area contributed by atoms with E-state index in [0.29, 0.717) is 13.2 Å². The monoisotopic (exact) mass is 361 g/mol. The van der Waals surface area contributed by atoms with E-state index in [2.05, 4.69) is 11.4 Å². The van der Waals surface area contributed by atoms with Crippen molar-refractivity contribution in [2.45, 2.75) is 38.7 Å². The molecule has 3 rings (SSSR count). The zero-order valence-electron chi connectivity index (χ0n) is 15.7. The molecule has 140 valence electrons. The van der Waals surface area contributed by atoms with E-state index in [9.17, 15) is 4.79 Å². The van der Waals surface area contributed by atoms with Crippen molar-refractivity contribution < 1.29 is 9.53 Å². The highest BCUT2D eigenvalue weighted by Gasteiger charge is 2.03. The molecule has 2 aromatic carbocycles. The van der Waals surface area contributed by atoms with Crippen LogP contribution in [0.25, 0.3) is 6.08 Å². The summed E-state index contributed by atoms with van der Waals surface area (Å²) in [5, 5.41) is 2.96. The van der Waals surface area contributed by atoms with Crippen LogP contribution in [0.3, 0.4) is 0 Å². The Morgan fingerprint density at radius 1 is 1.04 bits per heavy atom. The number of amides is 1. The van der Waals surface area contributed by atoms with Crippen LogP contribution in [0.2, 0.25) is 0 Å². The topological polar surface area (TPSA) is 38.3 Å². The van der Waals surface area contributed by atoms with E-state index in [4.69, 9.17) is 4.74 Å². The van der Waals surface area contributed by atoms with Gasteiger partial charge in [0.2, 0.25) is 5.91 Å². The Balaban J connectivity index is 1.40. The second-order valence-corrected chi connectivity index (χ2v) is 6.83. The van der Waals surface area contributed by atoms with Gasteiger partial charge >= 0.3 is 0 Å². The lowest BCUT2D eigenvalue weighted by Crippen LogP contribution is -2.22. The van der Waals surface area contributed by atoms with Gasteiger partial charge in [-0.15, -0.1) is 0 Å². The molecule has 2 aromatic rings. The molecule has 0 aromatic heterocycles. The van der Waals surface area contributed by atoms with E-state index >= 15 is 0 Å². The van der Waals surface area contributed by atoms with E-state index in [1.54, 1.807) is 6.08 Å². The van der Waals surface area contributed by atoms with Gasteiger partial charge in [-0.25, -0.2) is 0 Å². The summed E-state index contributed by atoms with van der Waals surface area (Å²) in [5.41, 5.74) is 3.60. The molecular formula is C24H27NO2. The predicted octanol–water partition coefficient (Wildman–Crippen LogP) is 5.29. The summed E-state index contributed by atoms with van der Waals surface area (Å²) in [6, 6.07) is 17.8. The molecule has 0 unspecified atom stereocenters. The number of nitrogens with one attached hydrogen (secondary N) is 1. The van der Waals surface area contributed by atoms with Gasteiger partial charge in [-0.2, -0.15) is 0 Å². The number of hydrogen-bond donors (Lipinski definition) is 1. The molecule has 0 aliphatic heterocycles. The lowest BCUT2D eigenvalue weighted by molar-refractivity contribution is -0.116. The molecule has 0 saturated heterocycles. The Morgan fingerprint density at radius 2 is 1.85 bits per heavy atom. The van der Waals surface area contributed by atoms with Crippen molar-refractivity contribution in [1.29, 1.82) is 0 Å². The first-order valence-electron chi connectivity index (χ1n) is 9.70. The first kappa shape index (κ1) is 19.0. The lowest BCUT2D eigenvalue weighted by Gasteiger charge is -2.12. The third-order valence-electron chi connectivity index (χ3n) is 4.69. The van der Waals surface area contributed by atoms with Crippen molar-refractivity contribution in [1.82, 2.24) is 5.32 Å². The van der Waals surface area contributed by atoms with Crippen LogP contribution in [-0.2, 0) is 11.4 Å². The molecule has 3 nitrogen and oxygen atoms in total. The molecule has 27 heavy (non-hydrogen) atoms. The summed E-state index contributed by atoms with van der Waals surface area (Å²) in [4.78, 5) is 11.9. The molecule has 1 amide bonds. The molecule has 1 aliphatic carbocycles. The quantitative estimate of drug-likeness (QED) is 0.513. The van der Waals surface area contributed by atoms with E-state index in [1.807, 2.05) is 60.7 Å². The van der Waals surface area contributed by atoms with E-state index < -0.39 is 0 Å². The maximum atomic E-state index is 11.9. The summed E-state index contributed by atoms with van der Waals surface area (Å²) in [5.74, 6) is 0.775. The predicted molar refractivity (Wildman–Crippen MR) is 110 cm³/mol. The molecule has 0 atom stereocenters. The van der Waals surface area contributed by atoms with Crippen molar-refractivity contribution >= 4 is 12.0 Å². The van der Waals surface area contributed by atoms with Crippen molar-refractivity contribution in [3.63, 3.8) is 0 Å². The van der Waals surface area contributed by atoms with Crippen LogP contribution in [0.15, 0.2) is 72.3 Å². The van der Waals surface area contributed by atoms with Gasteiger partial charge in [-0.3, -0.25) is 4.79 Å². The fourth-order valence-electron chi connectivity index (χ4n) is 3.12. The summed E-state index contributed by atoms with van der Waals surface area (Å²) in [6.07, 6.45) is 11.7. The molecule has 1 N–H and O–H groups in total. The number of hydrogen-bond acceptors (Lipinski definition) is 2. The minimum absolute atomic E-state index is 0.0455. The van der Waals surface area contributed by atoms with Gasteiger partial charge in [-0.1, -0.05) is 54.1 Å². The first-order valence-corrected chi connectivity index (χ1v) is 9.70. The van der Waals surface area contributed by atoms with E-state index in [1.165, 1.54) is 31.3 Å². The molecule has 0 bridgehead atoms. The number of carbonyl (C=O) groups is 1. The third kappa shape index (κ3) is 6.78. The fraction of sp³-hybridized carbons (Fsp3) is 0.292. The molecule has 0 heterocycles. The molecule has 0 saturated carbocycles. The highest BCUT2D eigenvalue weighted by molar-refractivity contribution is 5.91. The van der Waals surface area contributed by atoms with Gasteiger partial charge in [-0.05, 0) is 61.4 Å². The Hall–Kier alpha value is -2.81. The van der Waals surface area contributed by atoms with Crippen LogP contribution in [0.5, 0.6) is 5.75 Å². The molecule has 0 radical (unpaired) electrons. The van der Waals surface area contributed by atoms with Gasteiger partial charge < -0.3 is 10.1 Å². The minimum atomic E-state index is -0.0455. The number of benzene rings is 2. The van der Waals surface area contributed by atoms with Crippen LogP contribution in [0, 0.1) is 0 Å². The SMILES string of the molecule is O=C(/C=C/c1ccc(OCc2ccccc2)cc1)NCCC1=CCCCC1. The third-order valence-corrected chi connectivity index (χ3v) is 4.69. The molecule has 1 aliphatic rings. The lowest BCUT2D eigenvalue weighted by atomic mass is 9.97. The van der Waals surface area contributed by atoms with Crippen molar-refractivity contribution in [2.75, 3.05) is 6.54 Å². The molecular weight excluding hydrogens is 334 g/mol. The largest absolute Gasteiger partial charge is 0.489 e. The average Bonchev–Trinajstić information content (AvgIpc) is 2.73. The number of rotatable bonds is 8. The first-order chi connectivity index (χ1) is 13.3. The number of allylic oxidation sites excluding steroid dienone is 1. The van der Waals surface area contributed by atoms with E-state index in [0.717, 1.165) is 23.3 Å². The molecule has 3 heteroatoms. The van der Waals surface area contributed by atoms with Gasteiger partial charge in [0.15, 0.2) is 0 Å². The second kappa shape index (κ2) is 10.4. The van der Waals surface area contributed by atoms with Gasteiger partial charge in [0.1, 0.15) is 12.4 Å². The van der Waals surface area contributed by atoms with Crippen molar-refractivity contribution in [3.8, 4) is 5.75 Å². The molecule has 0 fully saturated rings. The van der Waals surface area contributed by atoms with E-state index in [-0.39, 0.29) is 5.91 Å². The minimum Gasteiger partial charge on any atom is -0.489 e. The summed E-state index contributed by atoms with van der Waals surface area (Å²) in [7, 11) is 0. The molecule has 0 spiro atoms. The zero-order valence-corrected chi connectivity index (χ0v) is 15.7. The van der Waals surface area contributed by atoms with Crippen LogP contribution in [0.1, 0.15) is 43.2 Å². The second-order valence-electron chi connectivity index (χ2n) is 6.83. The Morgan fingerprint density at radius 3 is 2.59 bits per heavy atom. The average molecular weight is 361 g/mol. The summed E-state index contributed by atoms with van der Waals surface area (Å²) >= 11 is 0. The number of ether oxygens (including phenoxy) is 1. The van der Waals surface area contributed by atoms with Crippen molar-refractivity contribution in [2.24, 2.45) is 0 Å². The smallest absolute Gasteiger partial charge is 0.244 e. The van der Waals surface area contributed by atoms with Gasteiger partial charge in [0.25, 0.3) is 0 Å². The van der Waals surface area contributed by atoms with Crippen LogP contribution in [-0.4, -0.2) is 12.5 Å². The number of carbonyl (C=O) groups excluding carboxylic acids is 1. The van der Waals surface area contributed by atoms with Crippen molar-refractivity contribution in [3.05, 3.63) is 83.4 Å². The summed E-state index contributed by atoms with van der Waals surface area (Å²) < 4.78 is 5.77. The summed E-state index contributed by atoms with van der Waals surface area (Å²) in [6.45, 7) is 1.26. The van der Waals surface area contributed by atoms with Crippen LogP contribution >= 0.6 is 0 Å². The Bertz CT molecular complexity index is 776. The standard InChI is InChI=1S/C24H27NO2/c26-24(25-18-17-20-7-3-1-4-8-20)16-13-21-11-14-23(15-12-21)27-19-22-9-5-2-6-10-22/h2,5-7,9-16H,1,3-4,8,17-19H2,(H,25,26)/b16-13+. The highest BCUT2D eigenvalue weighted by atomic mass is 16.5. The highest BCUT2D eigenvalue weighted by Crippen LogP contribution is 2.19. The van der Waals surface area contributed by atoms with Crippen LogP contribution in [0.4, 0.5) is 0 Å². The van der Waals surface area contributed by atoms with Crippen LogP contribution < -0.4 is 10.1 Å². The van der Waals surface area contributed by atoms with Gasteiger partial charge in [0, 0.05) is 12.6 Å². The fourth-order valence-corrected chi connectivity index (χ4v) is 3.12. The normalized spacial score (nSPS) is 14.0. The van der Waals surface area contributed by atoms with Gasteiger partial charge in [0.05, 0.1) is 0 Å². The maximum Gasteiger partial charge on any atom is 0.244 e.